The minimum absolute atomic E-state index is 0.323. The maximum atomic E-state index is 11.9. The van der Waals surface area contributed by atoms with E-state index in [1.54, 1.807) is 6.08 Å². The van der Waals surface area contributed by atoms with Crippen LogP contribution in [0.2, 0.25) is 0 Å². The van der Waals surface area contributed by atoms with Gasteiger partial charge in [0.1, 0.15) is 0 Å². The van der Waals surface area contributed by atoms with Gasteiger partial charge in [-0.05, 0) is 36.3 Å². The molecule has 0 bridgehead atoms. The van der Waals surface area contributed by atoms with Crippen molar-refractivity contribution in [3.8, 4) is 0 Å². The summed E-state index contributed by atoms with van der Waals surface area (Å²) in [6.45, 7) is 1.93. The van der Waals surface area contributed by atoms with Crippen molar-refractivity contribution < 1.29 is 9.53 Å². The Bertz CT molecular complexity index is 772. The molecule has 1 heterocycles. The number of carbonyl (C=O) groups is 1. The molecule has 1 aliphatic rings. The highest BCUT2D eigenvalue weighted by Gasteiger charge is 2.23. The third kappa shape index (κ3) is 3.20. The standard InChI is InChI=1S/C19H15NO2/c1-14(12-15-8-4-2-5-9-15)13-17-19(21)22-18(20-17)16-10-6-3-7-11-16/h2-13H,1H3/b14-12+,17-13+. The van der Waals surface area contributed by atoms with Crippen LogP contribution in [0.3, 0.4) is 0 Å². The number of ether oxygens (including phenoxy) is 1. The molecule has 0 aromatic heterocycles. The maximum absolute atomic E-state index is 11.9. The molecule has 0 amide bonds. The van der Waals surface area contributed by atoms with Crippen molar-refractivity contribution in [1.82, 2.24) is 0 Å². The number of cyclic esters (lactones) is 1. The van der Waals surface area contributed by atoms with Crippen LogP contribution < -0.4 is 0 Å². The van der Waals surface area contributed by atoms with E-state index in [-0.39, 0.29) is 0 Å². The van der Waals surface area contributed by atoms with E-state index in [0.29, 0.717) is 11.6 Å². The summed E-state index contributed by atoms with van der Waals surface area (Å²) in [5, 5.41) is 0. The van der Waals surface area contributed by atoms with E-state index in [0.717, 1.165) is 16.7 Å². The molecule has 0 saturated carbocycles. The summed E-state index contributed by atoms with van der Waals surface area (Å²) in [5.74, 6) is -0.0657. The first-order valence-electron chi connectivity index (χ1n) is 7.04. The highest BCUT2D eigenvalue weighted by molar-refractivity contribution is 6.11. The Balaban J connectivity index is 1.86. The van der Waals surface area contributed by atoms with Gasteiger partial charge >= 0.3 is 5.97 Å². The zero-order chi connectivity index (χ0) is 15.4. The van der Waals surface area contributed by atoms with Crippen LogP contribution in [0.15, 0.2) is 83.0 Å². The van der Waals surface area contributed by atoms with Gasteiger partial charge in [0, 0.05) is 5.56 Å². The second-order valence-electron chi connectivity index (χ2n) is 5.00. The smallest absolute Gasteiger partial charge is 0.363 e. The Morgan fingerprint density at radius 3 is 2.32 bits per heavy atom. The summed E-state index contributed by atoms with van der Waals surface area (Å²) in [4.78, 5) is 16.2. The average Bonchev–Trinajstić information content (AvgIpc) is 2.90. The molecular formula is C19H15NO2. The summed E-state index contributed by atoms with van der Waals surface area (Å²) >= 11 is 0. The molecule has 0 saturated heterocycles. The van der Waals surface area contributed by atoms with Crippen LogP contribution in [0, 0.1) is 0 Å². The second kappa shape index (κ2) is 6.22. The van der Waals surface area contributed by atoms with Crippen LogP contribution in [0.4, 0.5) is 0 Å². The molecule has 2 aromatic rings. The minimum Gasteiger partial charge on any atom is -0.402 e. The number of carbonyl (C=O) groups excluding carboxylic acids is 1. The van der Waals surface area contributed by atoms with Gasteiger partial charge in [-0.15, -0.1) is 0 Å². The first-order valence-corrected chi connectivity index (χ1v) is 7.04. The molecule has 22 heavy (non-hydrogen) atoms. The van der Waals surface area contributed by atoms with Gasteiger partial charge in [0.15, 0.2) is 5.70 Å². The summed E-state index contributed by atoms with van der Waals surface area (Å²) in [6.07, 6.45) is 3.74. The van der Waals surface area contributed by atoms with Crippen LogP contribution in [0.1, 0.15) is 18.1 Å². The van der Waals surface area contributed by atoms with Crippen molar-refractivity contribution >= 4 is 17.9 Å². The highest BCUT2D eigenvalue weighted by atomic mass is 16.6. The Morgan fingerprint density at radius 2 is 1.64 bits per heavy atom. The van der Waals surface area contributed by atoms with Crippen molar-refractivity contribution in [3.05, 3.63) is 89.1 Å². The fourth-order valence-corrected chi connectivity index (χ4v) is 2.18. The van der Waals surface area contributed by atoms with Gasteiger partial charge in [-0.2, -0.15) is 0 Å². The van der Waals surface area contributed by atoms with E-state index < -0.39 is 5.97 Å². The number of benzene rings is 2. The number of esters is 1. The Morgan fingerprint density at radius 1 is 1.00 bits per heavy atom. The van der Waals surface area contributed by atoms with Crippen LogP contribution in [0.5, 0.6) is 0 Å². The van der Waals surface area contributed by atoms with E-state index in [1.165, 1.54) is 0 Å². The molecule has 0 radical (unpaired) electrons. The van der Waals surface area contributed by atoms with Crippen molar-refractivity contribution in [2.45, 2.75) is 6.92 Å². The zero-order valence-corrected chi connectivity index (χ0v) is 12.2. The maximum Gasteiger partial charge on any atom is 0.363 e. The van der Waals surface area contributed by atoms with Crippen molar-refractivity contribution in [3.63, 3.8) is 0 Å². The van der Waals surface area contributed by atoms with E-state index in [2.05, 4.69) is 4.99 Å². The van der Waals surface area contributed by atoms with Gasteiger partial charge in [-0.25, -0.2) is 9.79 Å². The number of rotatable bonds is 3. The number of hydrogen-bond acceptors (Lipinski definition) is 3. The predicted molar refractivity (Wildman–Crippen MR) is 87.2 cm³/mol. The summed E-state index contributed by atoms with van der Waals surface area (Å²) in [6, 6.07) is 19.3. The average molecular weight is 289 g/mol. The first kappa shape index (κ1) is 14.0. The van der Waals surface area contributed by atoms with Gasteiger partial charge in [-0.3, -0.25) is 0 Å². The molecule has 0 spiro atoms. The van der Waals surface area contributed by atoms with Gasteiger partial charge in [0.2, 0.25) is 5.90 Å². The summed E-state index contributed by atoms with van der Waals surface area (Å²) < 4.78 is 5.23. The number of allylic oxidation sites excluding steroid dienone is 2. The molecule has 0 aliphatic carbocycles. The van der Waals surface area contributed by atoms with E-state index >= 15 is 0 Å². The molecule has 108 valence electrons. The Labute approximate surface area is 129 Å². The Kier molecular flexibility index (Phi) is 3.97. The number of hydrogen-bond donors (Lipinski definition) is 0. The fraction of sp³-hybridized carbons (Fsp3) is 0.0526. The molecule has 0 atom stereocenters. The van der Waals surface area contributed by atoms with Gasteiger partial charge < -0.3 is 4.74 Å². The normalized spacial score (nSPS) is 16.6. The lowest BCUT2D eigenvalue weighted by Gasteiger charge is -1.97. The molecule has 3 nitrogen and oxygen atoms in total. The third-order valence-electron chi connectivity index (χ3n) is 3.20. The molecule has 0 fully saturated rings. The predicted octanol–water partition coefficient (Wildman–Crippen LogP) is 3.98. The fourth-order valence-electron chi connectivity index (χ4n) is 2.18. The highest BCUT2D eigenvalue weighted by Crippen LogP contribution is 2.18. The van der Waals surface area contributed by atoms with E-state index in [9.17, 15) is 4.79 Å². The zero-order valence-electron chi connectivity index (χ0n) is 12.2. The molecule has 2 aromatic carbocycles. The summed E-state index contributed by atoms with van der Waals surface area (Å²) in [7, 11) is 0. The lowest BCUT2D eigenvalue weighted by molar-refractivity contribution is -0.130. The topological polar surface area (TPSA) is 38.7 Å². The molecule has 0 unspecified atom stereocenters. The van der Waals surface area contributed by atoms with Crippen LogP contribution in [0.25, 0.3) is 6.08 Å². The van der Waals surface area contributed by atoms with Crippen LogP contribution in [-0.4, -0.2) is 11.9 Å². The molecule has 0 N–H and O–H groups in total. The number of nitrogens with zero attached hydrogens (tertiary/aromatic N) is 1. The SMILES string of the molecule is CC(=C\c1ccccc1)/C=C1/N=C(c2ccccc2)OC1=O. The lowest BCUT2D eigenvalue weighted by atomic mass is 10.1. The molecule has 3 heteroatoms. The molecule has 3 rings (SSSR count). The van der Waals surface area contributed by atoms with E-state index in [1.807, 2.05) is 73.7 Å². The van der Waals surface area contributed by atoms with Crippen LogP contribution in [-0.2, 0) is 9.53 Å². The van der Waals surface area contributed by atoms with Crippen molar-refractivity contribution in [1.29, 1.82) is 0 Å². The third-order valence-corrected chi connectivity index (χ3v) is 3.20. The van der Waals surface area contributed by atoms with E-state index in [4.69, 9.17) is 4.74 Å². The minimum atomic E-state index is -0.417. The molecule has 1 aliphatic heterocycles. The summed E-state index contributed by atoms with van der Waals surface area (Å²) in [5.41, 5.74) is 3.14. The molecular weight excluding hydrogens is 274 g/mol. The van der Waals surface area contributed by atoms with Crippen molar-refractivity contribution in [2.24, 2.45) is 4.99 Å². The van der Waals surface area contributed by atoms with Gasteiger partial charge in [-0.1, -0.05) is 54.6 Å². The van der Waals surface area contributed by atoms with Gasteiger partial charge in [0.05, 0.1) is 0 Å². The largest absolute Gasteiger partial charge is 0.402 e. The number of aliphatic imine (C=N–C) groups is 1. The lowest BCUT2D eigenvalue weighted by Crippen LogP contribution is -2.05. The monoisotopic (exact) mass is 289 g/mol. The Hall–Kier alpha value is -2.94. The second-order valence-corrected chi connectivity index (χ2v) is 5.00. The first-order chi connectivity index (χ1) is 10.7. The van der Waals surface area contributed by atoms with Crippen LogP contribution >= 0.6 is 0 Å². The van der Waals surface area contributed by atoms with Crippen molar-refractivity contribution in [2.75, 3.05) is 0 Å². The quantitative estimate of drug-likeness (QED) is 0.633. The van der Waals surface area contributed by atoms with Gasteiger partial charge in [0.25, 0.3) is 0 Å².